The molecule has 753 valence electrons. The molecule has 2 aliphatic carbocycles. The molecule has 0 aromatic carbocycles. The fourth-order valence-corrected chi connectivity index (χ4v) is 17.0. The number of hydrogen-bond acceptors (Lipinski definition) is 36. The number of aliphatic hydroxyl groups is 2. The van der Waals surface area contributed by atoms with Crippen molar-refractivity contribution < 1.29 is 151 Å². The summed E-state index contributed by atoms with van der Waals surface area (Å²) in [6, 6.07) is 0. The topological polar surface area (TPSA) is 483 Å². The second-order valence-electron chi connectivity index (χ2n) is 30.1. The number of thiocyanates is 2. The molecule has 9 aromatic rings. The molecule has 0 atom stereocenters. The number of nitrogens with two attached hydrogens (primary N) is 3. The monoisotopic (exact) mass is 2290 g/mol. The number of carbonyl (C=O) groups is 4. The minimum atomic E-state index is -1.00. The van der Waals surface area contributed by atoms with Gasteiger partial charge in [-0.2, -0.15) is 5.26 Å². The zero-order chi connectivity index (χ0) is 95.4. The molecular weight excluding hydrogens is 2150 g/mol. The van der Waals surface area contributed by atoms with E-state index in [4.69, 9.17) is 80.2 Å². The molecule has 1 saturated heterocycles. The first-order valence-corrected chi connectivity index (χ1v) is 48.0. The van der Waals surface area contributed by atoms with Crippen LogP contribution in [0.1, 0.15) is 248 Å². The van der Waals surface area contributed by atoms with E-state index < -0.39 is 26.2 Å². The van der Waals surface area contributed by atoms with Crippen LogP contribution in [0.25, 0.3) is 0 Å². The Balaban J connectivity index is -0.000000130. The predicted molar refractivity (Wildman–Crippen MR) is 568 cm³/mol. The number of amides is 2. The van der Waals surface area contributed by atoms with E-state index in [2.05, 4.69) is 172 Å². The largest absolute Gasteiger partial charge is 1.00 e. The smallest absolute Gasteiger partial charge is 1.00 e. The molecule has 9 aromatic heterocycles. The van der Waals surface area contributed by atoms with E-state index in [-0.39, 0.29) is 220 Å². The fourth-order valence-electron chi connectivity index (χ4n) is 9.60. The summed E-state index contributed by atoms with van der Waals surface area (Å²) in [6.07, 6.45) is 31.1. The van der Waals surface area contributed by atoms with Crippen LogP contribution in [0.5, 0.6) is 0 Å². The Hall–Kier alpha value is -3.16. The molecule has 3 aliphatic rings. The van der Waals surface area contributed by atoms with Gasteiger partial charge in [-0.3, -0.25) is 23.2 Å². The summed E-state index contributed by atoms with van der Waals surface area (Å²) in [5, 5.41) is 62.0. The van der Waals surface area contributed by atoms with Crippen molar-refractivity contribution in [1.29, 1.82) is 10.5 Å². The van der Waals surface area contributed by atoms with Gasteiger partial charge in [-0.25, -0.2) is 54.9 Å². The number of nitrogens with one attached hydrogen (secondary N) is 3. The zero-order valence-corrected chi connectivity index (χ0v) is 95.7. The molecule has 0 unspecified atom stereocenters. The van der Waals surface area contributed by atoms with Gasteiger partial charge in [0.1, 0.15) is 28.4 Å². The summed E-state index contributed by atoms with van der Waals surface area (Å²) in [5.74, 6) is 7.63. The number of alkyl halides is 3. The van der Waals surface area contributed by atoms with Crippen LogP contribution in [0.15, 0.2) is 106 Å². The summed E-state index contributed by atoms with van der Waals surface area (Å²) >= 11 is 25.6. The Morgan fingerprint density at radius 3 is 1.14 bits per heavy atom. The number of aliphatic hydroxyl groups excluding tert-OH is 2. The summed E-state index contributed by atoms with van der Waals surface area (Å²) in [6.45, 7) is 29.6. The minimum absolute atomic E-state index is 0. The summed E-state index contributed by atoms with van der Waals surface area (Å²) in [7, 11) is 2.76. The Labute approximate surface area is 943 Å². The molecule has 0 bridgehead atoms. The Kier molecular flexibility index (Phi) is 97.2. The standard InChI is InChI=1S/C18H25N3O2S2.C17H24N4O2S2.C11H15N3OS2.C8H12ClNO.C7H12O2.C6H11NO2.C4H3N3S2.C3H3BrN2S.C2H6O.2CH3F.CHNS.CH4O.4CH4.B.BrH.2ClH.K.Na.H/c1-18(2,3)13-9-19-14(23-13)11-24-15-10-20-17(25-15)21-16(22)12-7-5-4-6-8-12;1-17(2,3)12-8-19-13(23-12)10-24-14-9-20-16(25-14)21-15(22)11-4-6-18-7-5-11;1-11(2,3)7-4-13-8(15-7)6-16-9-5-14-10(12)17-9;1-8(2,3)6-5-10-7(4-9)11-6;8-7(9)6-4-2-1-3-5-6;1-7(2)5-3-4-6(8)9;5-2-8-3-1-7-4(6)9-3;4-2-1-6-3(5)7-2;1-2-3;2*1-2;2-1-3;1-2;;;;;;;;;;;/h9-10,12H,4-8,11H2,1-3H3,(H,20,21,22);8-9,11,18H,4-7,10H2,1-3H3,(H,20,21,22);4-5H,6H2,1-3H3,(H2,12,14);5H,4H2,1-3H3;6H,1-5H2,(H,8,9);3-4H,5H2,1-2H3,(H,8,9);1H,(H2,6,7);1H,(H2,5,6);3H,2H2,1H3;2*1H3;3H;2H,1H3;4*1H4;;3*1H;;;/q;;;;;;;;;;;;;;;;;;;;;2*+1;-1/p-1/b;;;;;4-3+;;;;;;;;;;;;;;;;;;/i;;;;;;;;;2*1D;;;;;;;;;;;;;. The number of carboxylic acid groups (broad SMARTS) is 2. The van der Waals surface area contributed by atoms with Crippen LogP contribution in [0.3, 0.4) is 0 Å². The van der Waals surface area contributed by atoms with Crippen LogP contribution in [0, 0.1) is 39.1 Å². The van der Waals surface area contributed by atoms with Crippen LogP contribution in [0.4, 0.5) is 34.4 Å². The molecule has 3 radical (unpaired) electrons. The fraction of sp³-hybridized carbons (Fsp3) is 0.583. The molecule has 3 fully saturated rings. The van der Waals surface area contributed by atoms with Crippen LogP contribution in [0.2, 0.25) is 0 Å². The van der Waals surface area contributed by atoms with Gasteiger partial charge in [0, 0.05) is 80.0 Å². The maximum Gasteiger partial charge on any atom is 1.00 e. The molecule has 0 spiro atoms. The zero-order valence-electron chi connectivity index (χ0n) is 79.7. The molecule has 1 aliphatic heterocycles. The van der Waals surface area contributed by atoms with Crippen LogP contribution < -0.4 is 114 Å². The van der Waals surface area contributed by atoms with Crippen molar-refractivity contribution in [3.63, 3.8) is 0 Å². The van der Waals surface area contributed by atoms with Crippen LogP contribution in [-0.4, -0.2) is 164 Å². The molecule has 13 N–H and O–H groups in total. The number of thiazole rings is 5. The summed E-state index contributed by atoms with van der Waals surface area (Å²) in [4.78, 5) is 83.7. The number of nitrogen functional groups attached to an aromatic ring is 3. The van der Waals surface area contributed by atoms with Crippen LogP contribution >= 0.6 is 173 Å². The number of carbonyl (C=O) groups excluding carboxylic acids is 2. The number of rotatable bonds is 19. The molecule has 50 heteroatoms. The number of likely N-dealkylation sites (N-methyl/N-ethyl adjacent to an activating group) is 1. The van der Waals surface area contributed by atoms with Gasteiger partial charge in [-0.1, -0.05) is 219 Å². The maximum absolute atomic E-state index is 12.3. The van der Waals surface area contributed by atoms with Crippen LogP contribution in [-0.2, 0) is 76.6 Å². The molecule has 134 heavy (non-hydrogen) atoms. The second-order valence-corrected chi connectivity index (χ2v) is 42.1. The number of oxazole rings is 4. The Morgan fingerprint density at radius 2 is 0.888 bits per heavy atom. The maximum atomic E-state index is 12.3. The number of aliphatic carboxylic acids is 2. The van der Waals surface area contributed by atoms with Crippen molar-refractivity contribution in [2.75, 3.05) is 89.6 Å². The van der Waals surface area contributed by atoms with Gasteiger partial charge in [0.25, 0.3) is 0 Å². The van der Waals surface area contributed by atoms with Crippen molar-refractivity contribution in [3.8, 4) is 10.8 Å². The number of halogens is 7. The van der Waals surface area contributed by atoms with Crippen molar-refractivity contribution in [2.45, 2.75) is 258 Å². The van der Waals surface area contributed by atoms with Gasteiger partial charge in [-0.05, 0) is 88.6 Å². The van der Waals surface area contributed by atoms with E-state index in [0.29, 0.717) is 67.1 Å². The first-order valence-electron chi connectivity index (χ1n) is 39.8. The molecule has 12 rings (SSSR count). The third-order valence-electron chi connectivity index (χ3n) is 15.7. The number of anilines is 5. The van der Waals surface area contributed by atoms with E-state index in [9.17, 15) is 28.0 Å². The number of thioether (sulfide) groups is 4. The van der Waals surface area contributed by atoms with Gasteiger partial charge in [0.2, 0.25) is 35.4 Å². The number of nitrogens with zero attached hydrogens (tertiary/aromatic N) is 12. The van der Waals surface area contributed by atoms with Gasteiger partial charge in [0.15, 0.2) is 25.7 Å². The molecule has 30 nitrogen and oxygen atoms in total. The van der Waals surface area contributed by atoms with Crippen molar-refractivity contribution >= 4 is 244 Å². The normalized spacial score (nSPS) is 12.3. The van der Waals surface area contributed by atoms with E-state index in [1.54, 1.807) is 104 Å². The van der Waals surface area contributed by atoms with Gasteiger partial charge in [0.05, 0.1) is 122 Å². The van der Waals surface area contributed by atoms with Crippen molar-refractivity contribution in [2.24, 2.45) is 17.8 Å². The molecule has 2 saturated carbocycles. The Morgan fingerprint density at radius 1 is 0.590 bits per heavy atom. The van der Waals surface area contributed by atoms with Crippen molar-refractivity contribution in [3.05, 3.63) is 118 Å². The average Bonchev–Trinajstić information content (AvgIpc) is 1.72. The average molecular weight is 2290 g/mol. The quantitative estimate of drug-likeness (QED) is 0.00897. The first-order chi connectivity index (χ1) is 59.5. The number of nitriles is 2. The molecular formula is C84H141BBr2Cl3F2KN18NaO12S10. The van der Waals surface area contributed by atoms with Gasteiger partial charge < -0.3 is 90.2 Å². The van der Waals surface area contributed by atoms with E-state index in [1.165, 1.54) is 74.9 Å². The minimum Gasteiger partial charge on any atom is -1.00 e. The SMILES string of the molecule is Br.C.C.C.C.CC(C)(C)c1cnc(CCl)o1.CC(C)(C)c1cnc(CSc2cnc(N)s2)o1.CC(C)(C)c1cnc(CSc2cnc(NC(=O)C3CCCCC3)s2)o1.CC(C)(C)c1cnc(CSc2cnc(NC(=O)C3CCNCC3)s2)o1.CCO.CN(C)C/C=C/C(=O)O.CO.Cl.Cl.N#CSc1cnc(N)s1.N#C[S-].Nc1ncc(Br)s1.O=C(O)C1CCCCC1.[2H]CF.[2H]CF.[B].[H-].[K+].[Na+]. The Bertz CT molecular complexity index is 4420. The van der Waals surface area contributed by atoms with E-state index >= 15 is 0 Å². The molecule has 2 amide bonds. The predicted octanol–water partition coefficient (Wildman–Crippen LogP) is 18.0. The summed E-state index contributed by atoms with van der Waals surface area (Å²) in [5.41, 5.74) is 16.1. The first kappa shape index (κ1) is 149. The summed E-state index contributed by atoms with van der Waals surface area (Å²) < 4.78 is 58.6. The van der Waals surface area contributed by atoms with E-state index in [1.807, 2.05) is 24.4 Å². The second kappa shape index (κ2) is 87.6. The van der Waals surface area contributed by atoms with E-state index in [0.717, 1.165) is 158 Å². The van der Waals surface area contributed by atoms with Gasteiger partial charge >= 0.3 is 92.9 Å². The number of aromatic nitrogens is 9. The molecule has 10 heterocycles. The number of hydrogen-bond donors (Lipinski definition) is 10. The third kappa shape index (κ3) is 71.3. The van der Waals surface area contributed by atoms with Gasteiger partial charge in [-0.15, -0.1) is 88.7 Å². The number of piperidine rings is 1. The van der Waals surface area contributed by atoms with Crippen molar-refractivity contribution in [1.82, 2.24) is 55.1 Å². The number of carboxylic acids is 2. The third-order valence-corrected chi connectivity index (χ3v) is 25.0.